The number of piperidine rings is 1. The van der Waals surface area contributed by atoms with E-state index in [0.29, 0.717) is 17.7 Å². The Balaban J connectivity index is 1.40. The van der Waals surface area contributed by atoms with E-state index >= 15 is 0 Å². The third-order valence-electron chi connectivity index (χ3n) is 6.73. The molecule has 2 N–H and O–H groups in total. The predicted molar refractivity (Wildman–Crippen MR) is 137 cm³/mol. The van der Waals surface area contributed by atoms with Crippen molar-refractivity contribution in [2.24, 2.45) is 0 Å². The molecule has 1 fully saturated rings. The van der Waals surface area contributed by atoms with E-state index in [1.165, 1.54) is 38.0 Å². The van der Waals surface area contributed by atoms with E-state index in [1.807, 2.05) is 30.3 Å². The fraction of sp³-hybridized carbons (Fsp3) is 0.345. The first-order valence-electron chi connectivity index (χ1n) is 12.2. The van der Waals surface area contributed by atoms with Crippen molar-refractivity contribution in [3.05, 3.63) is 83.2 Å². The third kappa shape index (κ3) is 6.20. The minimum atomic E-state index is -0.523. The number of carbonyl (C=O) groups excluding carboxylic acids is 1. The average Bonchev–Trinajstić information content (AvgIpc) is 2.89. The number of halogens is 1. The molecule has 3 aromatic carbocycles. The molecular weight excluding hydrogens is 443 g/mol. The lowest BCUT2D eigenvalue weighted by atomic mass is 9.97. The summed E-state index contributed by atoms with van der Waals surface area (Å²) < 4.78 is 19.5. The Morgan fingerprint density at radius 3 is 2.49 bits per heavy atom. The highest BCUT2D eigenvalue weighted by molar-refractivity contribution is 5.78. The summed E-state index contributed by atoms with van der Waals surface area (Å²) in [5.74, 6) is -1.02. The summed E-state index contributed by atoms with van der Waals surface area (Å²) in [6.07, 6.45) is 3.82. The van der Waals surface area contributed by atoms with Gasteiger partial charge >= 0.3 is 5.97 Å². The van der Waals surface area contributed by atoms with Crippen molar-refractivity contribution in [1.82, 2.24) is 4.90 Å². The van der Waals surface area contributed by atoms with Crippen LogP contribution in [0.4, 0.5) is 10.1 Å². The van der Waals surface area contributed by atoms with Crippen LogP contribution in [0.5, 0.6) is 5.75 Å². The number of methoxy groups -OCH3 is 1. The highest BCUT2D eigenvalue weighted by Gasteiger charge is 2.17. The van der Waals surface area contributed by atoms with Gasteiger partial charge in [-0.05, 0) is 79.9 Å². The van der Waals surface area contributed by atoms with Gasteiger partial charge in [0, 0.05) is 29.9 Å². The number of likely N-dealkylation sites (tertiary alicyclic amines) is 1. The molecule has 35 heavy (non-hydrogen) atoms. The molecule has 1 saturated heterocycles. The van der Waals surface area contributed by atoms with Gasteiger partial charge in [0.15, 0.2) is 0 Å². The van der Waals surface area contributed by atoms with Gasteiger partial charge in [0.05, 0.1) is 13.0 Å². The number of esters is 1. The molecule has 0 amide bonds. The number of nitrogens with zero attached hydrogens (tertiary/aromatic N) is 1. The molecule has 0 aromatic heterocycles. The van der Waals surface area contributed by atoms with Crippen LogP contribution in [0.2, 0.25) is 0 Å². The fourth-order valence-corrected chi connectivity index (χ4v) is 4.57. The average molecular weight is 477 g/mol. The molecule has 0 saturated carbocycles. The minimum absolute atomic E-state index is 0.278. The Kier molecular flexibility index (Phi) is 8.03. The lowest BCUT2D eigenvalue weighted by molar-refractivity contribution is -0.141. The number of ether oxygens (including phenoxy) is 1. The van der Waals surface area contributed by atoms with Gasteiger partial charge < -0.3 is 15.2 Å². The number of anilines is 1. The lowest BCUT2D eigenvalue weighted by Crippen LogP contribution is -2.29. The topological polar surface area (TPSA) is 61.8 Å². The molecule has 1 aliphatic heterocycles. The zero-order valence-corrected chi connectivity index (χ0v) is 20.4. The fourth-order valence-electron chi connectivity index (χ4n) is 4.57. The zero-order chi connectivity index (χ0) is 24.8. The Morgan fingerprint density at radius 2 is 1.80 bits per heavy atom. The first kappa shape index (κ1) is 24.7. The predicted octanol–water partition coefficient (Wildman–Crippen LogP) is 6.07. The first-order chi connectivity index (χ1) is 16.9. The molecular formula is C29H33FN2O3. The van der Waals surface area contributed by atoms with Crippen LogP contribution in [-0.2, 0) is 22.6 Å². The van der Waals surface area contributed by atoms with E-state index in [1.54, 1.807) is 25.1 Å². The van der Waals surface area contributed by atoms with Crippen LogP contribution in [0.1, 0.15) is 48.8 Å². The van der Waals surface area contributed by atoms with Crippen LogP contribution in [0, 0.1) is 5.82 Å². The van der Waals surface area contributed by atoms with E-state index in [-0.39, 0.29) is 11.6 Å². The molecule has 1 aliphatic rings. The van der Waals surface area contributed by atoms with Crippen molar-refractivity contribution in [3.8, 4) is 16.9 Å². The Morgan fingerprint density at radius 1 is 1.06 bits per heavy atom. The summed E-state index contributed by atoms with van der Waals surface area (Å²) in [4.78, 5) is 14.2. The van der Waals surface area contributed by atoms with Gasteiger partial charge in [-0.1, -0.05) is 36.8 Å². The van der Waals surface area contributed by atoms with Crippen LogP contribution in [0.3, 0.4) is 0 Å². The molecule has 1 atom stereocenters. The van der Waals surface area contributed by atoms with E-state index in [4.69, 9.17) is 4.74 Å². The summed E-state index contributed by atoms with van der Waals surface area (Å²) in [7, 11) is 1.33. The van der Waals surface area contributed by atoms with Gasteiger partial charge in [0.2, 0.25) is 0 Å². The Bertz CT molecular complexity index is 1160. The zero-order valence-electron chi connectivity index (χ0n) is 20.4. The smallest absolute Gasteiger partial charge is 0.312 e. The van der Waals surface area contributed by atoms with Crippen LogP contribution in [-0.4, -0.2) is 36.2 Å². The van der Waals surface area contributed by atoms with E-state index in [2.05, 4.69) is 16.3 Å². The van der Waals surface area contributed by atoms with Crippen LogP contribution in [0.15, 0.2) is 60.7 Å². The number of nitrogens with one attached hydrogen (secondary N) is 1. The summed E-state index contributed by atoms with van der Waals surface area (Å²) >= 11 is 0. The van der Waals surface area contributed by atoms with E-state index in [9.17, 15) is 14.3 Å². The largest absolute Gasteiger partial charge is 0.508 e. The first-order valence-corrected chi connectivity index (χ1v) is 12.2. The van der Waals surface area contributed by atoms with Crippen LogP contribution >= 0.6 is 0 Å². The molecule has 5 nitrogen and oxygen atoms in total. The van der Waals surface area contributed by atoms with E-state index < -0.39 is 11.9 Å². The Labute approximate surface area is 206 Å². The summed E-state index contributed by atoms with van der Waals surface area (Å²) in [5, 5.41) is 13.7. The van der Waals surface area contributed by atoms with Crippen molar-refractivity contribution in [2.45, 2.75) is 45.2 Å². The molecule has 4 rings (SSSR count). The molecule has 184 valence electrons. The van der Waals surface area contributed by atoms with Crippen molar-refractivity contribution < 1.29 is 19.0 Å². The number of hydrogen-bond donors (Lipinski definition) is 2. The van der Waals surface area contributed by atoms with Gasteiger partial charge in [-0.25, -0.2) is 4.39 Å². The Hall–Kier alpha value is -3.38. The SMILES string of the molecule is COC(=O)C(C)c1ccc(-c2ccc(NCc3cc(CN4CCCCC4)ccc3O)cc2)c(F)c1. The number of rotatable bonds is 8. The molecule has 0 aliphatic carbocycles. The highest BCUT2D eigenvalue weighted by Crippen LogP contribution is 2.28. The molecule has 0 bridgehead atoms. The quantitative estimate of drug-likeness (QED) is 0.386. The molecule has 1 unspecified atom stereocenters. The second-order valence-corrected chi connectivity index (χ2v) is 9.21. The van der Waals surface area contributed by atoms with Crippen molar-refractivity contribution in [3.63, 3.8) is 0 Å². The number of carbonyl (C=O) groups is 1. The van der Waals surface area contributed by atoms with Crippen molar-refractivity contribution >= 4 is 11.7 Å². The normalized spacial score (nSPS) is 14.9. The second-order valence-electron chi connectivity index (χ2n) is 9.21. The summed E-state index contributed by atoms with van der Waals surface area (Å²) in [5.41, 5.74) is 4.74. The van der Waals surface area contributed by atoms with Crippen LogP contribution < -0.4 is 5.32 Å². The molecule has 3 aromatic rings. The van der Waals surface area contributed by atoms with E-state index in [0.717, 1.165) is 36.4 Å². The maximum absolute atomic E-state index is 14.8. The third-order valence-corrected chi connectivity index (χ3v) is 6.73. The standard InChI is InChI=1S/C29H33FN2O3/c1-20(29(34)35-2)23-9-12-26(27(30)17-23)22-7-10-25(11-8-22)31-18-24-16-21(6-13-28(24)33)19-32-14-4-3-5-15-32/h6-13,16-17,20,31,33H,3-5,14-15,18-19H2,1-2H3. The number of phenols is 1. The van der Waals surface area contributed by atoms with Crippen molar-refractivity contribution in [1.29, 1.82) is 0 Å². The summed E-state index contributed by atoms with van der Waals surface area (Å²) in [6, 6.07) is 18.2. The van der Waals surface area contributed by atoms with Gasteiger partial charge in [-0.15, -0.1) is 0 Å². The number of hydrogen-bond acceptors (Lipinski definition) is 5. The van der Waals surface area contributed by atoms with Crippen molar-refractivity contribution in [2.75, 3.05) is 25.5 Å². The van der Waals surface area contributed by atoms with Crippen LogP contribution in [0.25, 0.3) is 11.1 Å². The van der Waals surface area contributed by atoms with Gasteiger partial charge in [0.25, 0.3) is 0 Å². The maximum Gasteiger partial charge on any atom is 0.312 e. The monoisotopic (exact) mass is 476 g/mol. The molecule has 0 radical (unpaired) electrons. The van der Waals surface area contributed by atoms with Gasteiger partial charge in [-0.2, -0.15) is 0 Å². The number of benzene rings is 3. The number of phenolic OH excluding ortho intramolecular Hbond substituents is 1. The van der Waals surface area contributed by atoms with Gasteiger partial charge in [0.1, 0.15) is 11.6 Å². The molecule has 1 heterocycles. The summed E-state index contributed by atoms with van der Waals surface area (Å²) in [6.45, 7) is 5.36. The molecule has 6 heteroatoms. The minimum Gasteiger partial charge on any atom is -0.508 e. The van der Waals surface area contributed by atoms with Gasteiger partial charge in [-0.3, -0.25) is 9.69 Å². The second kappa shape index (κ2) is 11.4. The number of aromatic hydroxyl groups is 1. The highest BCUT2D eigenvalue weighted by atomic mass is 19.1. The molecule has 0 spiro atoms. The lowest BCUT2D eigenvalue weighted by Gasteiger charge is -2.26. The maximum atomic E-state index is 14.8.